The highest BCUT2D eigenvalue weighted by Gasteiger charge is 2.70. The van der Waals surface area contributed by atoms with Gasteiger partial charge >= 0.3 is 5.97 Å². The molecule has 5 aliphatic carbocycles. The molecule has 0 amide bonds. The highest BCUT2D eigenvalue weighted by Crippen LogP contribution is 2.75. The zero-order valence-electron chi connectivity index (χ0n) is 23.4. The predicted molar refractivity (Wildman–Crippen MR) is 137 cm³/mol. The van der Waals surface area contributed by atoms with E-state index < -0.39 is 11.5 Å². The smallest absolute Gasteiger partial charge is 0.312 e. The van der Waals surface area contributed by atoms with E-state index in [0.29, 0.717) is 18.3 Å². The van der Waals surface area contributed by atoms with Crippen LogP contribution >= 0.6 is 0 Å². The lowest BCUT2D eigenvalue weighted by molar-refractivity contribution is -0.204. The van der Waals surface area contributed by atoms with Gasteiger partial charge in [-0.1, -0.05) is 60.1 Å². The van der Waals surface area contributed by atoms with Crippen LogP contribution in [0.4, 0.5) is 0 Å². The van der Waals surface area contributed by atoms with Gasteiger partial charge in [0.15, 0.2) is 5.78 Å². The maximum atomic E-state index is 13.3. The first-order chi connectivity index (χ1) is 16.1. The van der Waals surface area contributed by atoms with Crippen LogP contribution in [0.5, 0.6) is 0 Å². The molecule has 1 N–H and O–H groups in total. The molecule has 0 saturated heterocycles. The number of rotatable bonds is 1. The Bertz CT molecular complexity index is 976. The Morgan fingerprint density at radius 3 is 2.29 bits per heavy atom. The number of aliphatic hydroxyl groups is 1. The minimum atomic E-state index is -0.852. The third kappa shape index (κ3) is 3.07. The van der Waals surface area contributed by atoms with Crippen LogP contribution in [0.15, 0.2) is 11.6 Å². The summed E-state index contributed by atoms with van der Waals surface area (Å²) in [6, 6.07) is 0. The molecule has 5 rings (SSSR count). The summed E-state index contributed by atoms with van der Waals surface area (Å²) in [5, 5.41) is 10.8. The number of allylic oxidation sites excluding steroid dienone is 2. The van der Waals surface area contributed by atoms with Crippen LogP contribution < -0.4 is 0 Å². The fourth-order valence-corrected chi connectivity index (χ4v) is 10.7. The van der Waals surface area contributed by atoms with Gasteiger partial charge in [0.1, 0.15) is 6.10 Å². The lowest BCUT2D eigenvalue weighted by atomic mass is 9.33. The zero-order valence-corrected chi connectivity index (χ0v) is 23.4. The van der Waals surface area contributed by atoms with Crippen LogP contribution in [0.25, 0.3) is 0 Å². The first-order valence-electron chi connectivity index (χ1n) is 14.1. The highest BCUT2D eigenvalue weighted by atomic mass is 16.5. The van der Waals surface area contributed by atoms with Gasteiger partial charge < -0.3 is 9.84 Å². The van der Waals surface area contributed by atoms with Crippen molar-refractivity contribution in [1.82, 2.24) is 0 Å². The number of carbonyl (C=O) groups excluding carboxylic acids is 2. The number of aliphatic hydroxyl groups excluding tert-OH is 1. The first-order valence-corrected chi connectivity index (χ1v) is 14.1. The fraction of sp³-hybridized carbons (Fsp3) is 0.871. The van der Waals surface area contributed by atoms with Crippen molar-refractivity contribution in [1.29, 1.82) is 0 Å². The van der Waals surface area contributed by atoms with Crippen LogP contribution in [0.2, 0.25) is 0 Å². The minimum Gasteiger partial charge on any atom is -0.469 e. The molecule has 4 unspecified atom stereocenters. The second-order valence-corrected chi connectivity index (χ2v) is 15.2. The summed E-state index contributed by atoms with van der Waals surface area (Å²) < 4.78 is 5.47. The van der Waals surface area contributed by atoms with Gasteiger partial charge in [0.25, 0.3) is 0 Å². The number of esters is 1. The molecule has 196 valence electrons. The summed E-state index contributed by atoms with van der Waals surface area (Å²) in [5.41, 5.74) is 0.944. The molecule has 4 heteroatoms. The van der Waals surface area contributed by atoms with Crippen molar-refractivity contribution in [2.24, 2.45) is 50.2 Å². The highest BCUT2D eigenvalue weighted by molar-refractivity contribution is 5.85. The van der Waals surface area contributed by atoms with E-state index in [1.807, 2.05) is 0 Å². The SMILES string of the molecule is COC(=O)[C@]12CCC(C)(C)CC1C1=CCC3[C@@]4(C)CC(=O)C(O)C(C)(C)C4CC[C@@]3(C)[C@]1(C)CC2. The molecule has 4 fully saturated rings. The molecule has 0 bridgehead atoms. The minimum absolute atomic E-state index is 0.00230. The summed E-state index contributed by atoms with van der Waals surface area (Å²) >= 11 is 0. The van der Waals surface area contributed by atoms with Gasteiger partial charge in [-0.25, -0.2) is 0 Å². The van der Waals surface area contributed by atoms with E-state index in [4.69, 9.17) is 4.74 Å². The number of ether oxygens (including phenoxy) is 1. The summed E-state index contributed by atoms with van der Waals surface area (Å²) in [6.45, 7) is 16.3. The fourth-order valence-electron chi connectivity index (χ4n) is 10.7. The van der Waals surface area contributed by atoms with E-state index >= 15 is 0 Å². The van der Waals surface area contributed by atoms with E-state index in [-0.39, 0.29) is 44.7 Å². The van der Waals surface area contributed by atoms with Gasteiger partial charge in [0.05, 0.1) is 12.5 Å². The van der Waals surface area contributed by atoms with Crippen LogP contribution in [0.3, 0.4) is 0 Å². The maximum absolute atomic E-state index is 13.3. The number of Topliss-reactive ketones (excluding diaryl/α,β-unsaturated/α-hetero) is 1. The number of hydrogen-bond acceptors (Lipinski definition) is 4. The quantitative estimate of drug-likeness (QED) is 0.341. The van der Waals surface area contributed by atoms with Crippen LogP contribution in [0.1, 0.15) is 106 Å². The Hall–Kier alpha value is -1.16. The third-order valence-electron chi connectivity index (χ3n) is 13.0. The monoisotopic (exact) mass is 484 g/mol. The van der Waals surface area contributed by atoms with Crippen molar-refractivity contribution in [3.63, 3.8) is 0 Å². The molecule has 5 aliphatic rings. The maximum Gasteiger partial charge on any atom is 0.312 e. The van der Waals surface area contributed by atoms with E-state index in [1.165, 1.54) is 5.57 Å². The normalized spacial score (nSPS) is 50.1. The molecule has 0 heterocycles. The molecule has 35 heavy (non-hydrogen) atoms. The number of methoxy groups -OCH3 is 1. The van der Waals surface area contributed by atoms with E-state index in [9.17, 15) is 14.7 Å². The van der Waals surface area contributed by atoms with E-state index in [0.717, 1.165) is 51.4 Å². The van der Waals surface area contributed by atoms with Crippen molar-refractivity contribution in [2.45, 2.75) is 112 Å². The molecule has 4 nitrogen and oxygen atoms in total. The average Bonchev–Trinajstić information content (AvgIpc) is 2.77. The van der Waals surface area contributed by atoms with Crippen LogP contribution in [0, 0.1) is 50.2 Å². The Balaban J connectivity index is 1.61. The molecule has 0 aromatic carbocycles. The van der Waals surface area contributed by atoms with Gasteiger partial charge in [-0.3, -0.25) is 9.59 Å². The molecule has 4 saturated carbocycles. The van der Waals surface area contributed by atoms with Crippen molar-refractivity contribution in [2.75, 3.05) is 7.11 Å². The molecular formula is C31H48O4. The number of fused-ring (bicyclic) bond motifs is 7. The van der Waals surface area contributed by atoms with Gasteiger partial charge in [-0.2, -0.15) is 0 Å². The Kier molecular flexibility index (Phi) is 5.43. The summed E-state index contributed by atoms with van der Waals surface area (Å²) in [6.07, 6.45) is 10.3. The molecular weight excluding hydrogens is 436 g/mol. The average molecular weight is 485 g/mol. The first kappa shape index (κ1) is 25.5. The third-order valence-corrected chi connectivity index (χ3v) is 13.0. The van der Waals surface area contributed by atoms with E-state index in [1.54, 1.807) is 7.11 Å². The topological polar surface area (TPSA) is 63.6 Å². The second kappa shape index (κ2) is 7.45. The van der Waals surface area contributed by atoms with Gasteiger partial charge in [-0.15, -0.1) is 0 Å². The summed E-state index contributed by atoms with van der Waals surface area (Å²) in [7, 11) is 1.56. The number of hydrogen-bond donors (Lipinski definition) is 1. The Labute approximate surface area is 212 Å². The lowest BCUT2D eigenvalue weighted by Crippen LogP contribution is -2.66. The van der Waals surface area contributed by atoms with Crippen molar-refractivity contribution in [3.05, 3.63) is 11.6 Å². The molecule has 0 radical (unpaired) electrons. The van der Waals surface area contributed by atoms with Gasteiger partial charge in [-0.05, 0) is 90.8 Å². The second-order valence-electron chi connectivity index (χ2n) is 15.2. The largest absolute Gasteiger partial charge is 0.469 e. The predicted octanol–water partition coefficient (Wildman–Crippen LogP) is 6.50. The summed E-state index contributed by atoms with van der Waals surface area (Å²) in [4.78, 5) is 26.4. The molecule has 8 atom stereocenters. The van der Waals surface area contributed by atoms with E-state index in [2.05, 4.69) is 54.5 Å². The molecule has 0 spiro atoms. The van der Waals surface area contributed by atoms with Crippen LogP contribution in [-0.2, 0) is 14.3 Å². The number of carbonyl (C=O) groups is 2. The van der Waals surface area contributed by atoms with Gasteiger partial charge in [0, 0.05) is 11.8 Å². The molecule has 0 aromatic heterocycles. The Morgan fingerprint density at radius 2 is 1.63 bits per heavy atom. The van der Waals surface area contributed by atoms with Crippen molar-refractivity contribution in [3.8, 4) is 0 Å². The van der Waals surface area contributed by atoms with Crippen molar-refractivity contribution < 1.29 is 19.4 Å². The summed E-state index contributed by atoms with van der Waals surface area (Å²) in [5.74, 6) is 1.01. The molecule has 0 aromatic rings. The van der Waals surface area contributed by atoms with Crippen molar-refractivity contribution >= 4 is 11.8 Å². The molecule has 0 aliphatic heterocycles. The number of ketones is 1. The zero-order chi connectivity index (χ0) is 25.8. The lowest BCUT2D eigenvalue weighted by Gasteiger charge is -2.70. The Morgan fingerprint density at radius 1 is 0.971 bits per heavy atom. The van der Waals surface area contributed by atoms with Gasteiger partial charge in [0.2, 0.25) is 0 Å². The standard InChI is InChI=1S/C31H48O4/c1-26(2)13-15-31(25(34)35-8)16-14-29(6)19(20(31)17-26)9-10-23-28(5)18-21(32)24(33)27(3,4)22(28)11-12-30(23,29)7/h9,20,22-24,33H,10-18H2,1-8H3/t20?,22?,23?,24?,28-,29+,30+,31-/m0/s1. The van der Waals surface area contributed by atoms with Crippen LogP contribution in [-0.4, -0.2) is 30.1 Å².